The lowest BCUT2D eigenvalue weighted by atomic mass is 10.1. The molecule has 2 aromatic carbocycles. The number of halogens is 2. The number of benzene rings is 2. The summed E-state index contributed by atoms with van der Waals surface area (Å²) in [6, 6.07) is 9.47. The predicted octanol–water partition coefficient (Wildman–Crippen LogP) is 4.56. The van der Waals surface area contributed by atoms with Gasteiger partial charge in [-0.05, 0) is 30.7 Å². The molecule has 7 nitrogen and oxygen atoms in total. The number of fused-ring (bicyclic) bond motifs is 1. The average Bonchev–Trinajstić information content (AvgIpc) is 2.59. The minimum absolute atomic E-state index is 0.00649. The lowest BCUT2D eigenvalue weighted by molar-refractivity contribution is -0.383. The van der Waals surface area contributed by atoms with E-state index in [2.05, 4.69) is 10.3 Å². The summed E-state index contributed by atoms with van der Waals surface area (Å²) in [5.41, 5.74) is -0.302. The van der Waals surface area contributed by atoms with Gasteiger partial charge in [0.05, 0.1) is 10.3 Å². The number of Topliss-reactive ketones (excluding diaryl/α,β-unsaturated/α-hetero) is 1. The number of H-pyrrole nitrogens is 1. The molecule has 0 aliphatic heterocycles. The Hall–Kier alpha value is -2.90. The van der Waals surface area contributed by atoms with E-state index in [9.17, 15) is 19.7 Å². The smallest absolute Gasteiger partial charge is 0.294 e. The number of nitrogens with zero attached hydrogens (tertiary/aromatic N) is 1. The van der Waals surface area contributed by atoms with Crippen molar-refractivity contribution in [2.45, 2.75) is 13.5 Å². The Labute approximate surface area is 163 Å². The molecule has 1 heterocycles. The van der Waals surface area contributed by atoms with Gasteiger partial charge in [-0.15, -0.1) is 0 Å². The first-order valence-corrected chi connectivity index (χ1v) is 8.56. The molecule has 0 aliphatic rings. The van der Waals surface area contributed by atoms with Gasteiger partial charge in [-0.2, -0.15) is 0 Å². The van der Waals surface area contributed by atoms with E-state index < -0.39 is 16.1 Å². The molecule has 0 fully saturated rings. The van der Waals surface area contributed by atoms with Crippen LogP contribution in [-0.2, 0) is 6.54 Å². The molecule has 0 radical (unpaired) electrons. The Morgan fingerprint density at radius 2 is 1.96 bits per heavy atom. The van der Waals surface area contributed by atoms with Crippen LogP contribution in [0.25, 0.3) is 10.9 Å². The standard InChI is InChI=1S/C18H13Cl2N3O4/c1-9(24)15-17(25)13-6-12(20)7-14(23(26)27)16(13)22-18(15)21-8-10-3-2-4-11(19)5-10/h2-7H,8H2,1H3,(H2,21,22,25). The number of hydrogen-bond acceptors (Lipinski definition) is 5. The van der Waals surface area contributed by atoms with Gasteiger partial charge in [0.15, 0.2) is 5.78 Å². The molecule has 3 rings (SSSR count). The highest BCUT2D eigenvalue weighted by atomic mass is 35.5. The van der Waals surface area contributed by atoms with Crippen molar-refractivity contribution >= 4 is 51.4 Å². The molecule has 0 saturated heterocycles. The molecular formula is C18H13Cl2N3O4. The zero-order valence-electron chi connectivity index (χ0n) is 14.0. The first kappa shape index (κ1) is 18.9. The van der Waals surface area contributed by atoms with Crippen molar-refractivity contribution in [2.75, 3.05) is 5.32 Å². The molecule has 0 spiro atoms. The van der Waals surface area contributed by atoms with Crippen LogP contribution >= 0.6 is 23.2 Å². The summed E-state index contributed by atoms with van der Waals surface area (Å²) >= 11 is 11.9. The minimum Gasteiger partial charge on any atom is -0.367 e. The number of anilines is 1. The Balaban J connectivity index is 2.18. The van der Waals surface area contributed by atoms with Gasteiger partial charge in [-0.3, -0.25) is 19.7 Å². The number of carbonyl (C=O) groups excluding carboxylic acids is 1. The second-order valence-corrected chi connectivity index (χ2v) is 6.72. The molecule has 0 atom stereocenters. The van der Waals surface area contributed by atoms with Gasteiger partial charge in [0.25, 0.3) is 5.69 Å². The first-order valence-electron chi connectivity index (χ1n) is 7.81. The molecule has 0 aliphatic carbocycles. The SMILES string of the molecule is CC(=O)c1c(NCc2cccc(Cl)c2)[nH]c2c([N+](=O)[O-])cc(Cl)cc2c1=O. The van der Waals surface area contributed by atoms with Crippen molar-refractivity contribution in [3.63, 3.8) is 0 Å². The number of aromatic amines is 1. The van der Waals surface area contributed by atoms with Gasteiger partial charge < -0.3 is 10.3 Å². The number of non-ortho nitro benzene ring substituents is 1. The molecule has 2 N–H and O–H groups in total. The summed E-state index contributed by atoms with van der Waals surface area (Å²) in [4.78, 5) is 38.4. The summed E-state index contributed by atoms with van der Waals surface area (Å²) in [6.07, 6.45) is 0. The van der Waals surface area contributed by atoms with E-state index in [1.54, 1.807) is 18.2 Å². The van der Waals surface area contributed by atoms with Crippen LogP contribution in [-0.4, -0.2) is 15.7 Å². The highest BCUT2D eigenvalue weighted by molar-refractivity contribution is 6.31. The van der Waals surface area contributed by atoms with Gasteiger partial charge in [0.2, 0.25) is 5.43 Å². The molecule has 138 valence electrons. The van der Waals surface area contributed by atoms with E-state index in [0.717, 1.165) is 11.6 Å². The highest BCUT2D eigenvalue weighted by Gasteiger charge is 2.22. The van der Waals surface area contributed by atoms with Crippen LogP contribution in [0.3, 0.4) is 0 Å². The molecule has 9 heteroatoms. The summed E-state index contributed by atoms with van der Waals surface area (Å²) in [6.45, 7) is 1.50. The summed E-state index contributed by atoms with van der Waals surface area (Å²) in [7, 11) is 0. The molecule has 0 amide bonds. The van der Waals surface area contributed by atoms with E-state index >= 15 is 0 Å². The Morgan fingerprint density at radius 3 is 2.59 bits per heavy atom. The van der Waals surface area contributed by atoms with Crippen molar-refractivity contribution in [3.8, 4) is 0 Å². The van der Waals surface area contributed by atoms with Crippen molar-refractivity contribution in [1.82, 2.24) is 4.98 Å². The third-order valence-electron chi connectivity index (χ3n) is 3.96. The molecule has 0 unspecified atom stereocenters. The largest absolute Gasteiger partial charge is 0.367 e. The second kappa shape index (κ2) is 7.38. The van der Waals surface area contributed by atoms with E-state index in [4.69, 9.17) is 23.2 Å². The monoisotopic (exact) mass is 405 g/mol. The lowest BCUT2D eigenvalue weighted by Gasteiger charge is -2.12. The Kier molecular flexibility index (Phi) is 5.16. The maximum absolute atomic E-state index is 12.8. The summed E-state index contributed by atoms with van der Waals surface area (Å²) in [5, 5.41) is 14.9. The van der Waals surface area contributed by atoms with Crippen LogP contribution in [0.4, 0.5) is 11.5 Å². The fourth-order valence-electron chi connectivity index (χ4n) is 2.79. The van der Waals surface area contributed by atoms with E-state index in [1.165, 1.54) is 13.0 Å². The van der Waals surface area contributed by atoms with Gasteiger partial charge in [0.1, 0.15) is 16.9 Å². The first-order chi connectivity index (χ1) is 12.8. The van der Waals surface area contributed by atoms with E-state index in [1.807, 2.05) is 6.07 Å². The topological polar surface area (TPSA) is 105 Å². The summed E-state index contributed by atoms with van der Waals surface area (Å²) < 4.78 is 0. The number of nitro benzene ring substituents is 1. The average molecular weight is 406 g/mol. The normalized spacial score (nSPS) is 10.8. The molecular weight excluding hydrogens is 393 g/mol. The molecule has 1 aromatic heterocycles. The van der Waals surface area contributed by atoms with Crippen LogP contribution in [0.15, 0.2) is 41.2 Å². The van der Waals surface area contributed by atoms with Crippen LogP contribution < -0.4 is 10.7 Å². The third-order valence-corrected chi connectivity index (χ3v) is 4.41. The van der Waals surface area contributed by atoms with E-state index in [0.29, 0.717) is 5.02 Å². The third kappa shape index (κ3) is 3.79. The van der Waals surface area contributed by atoms with Crippen molar-refractivity contribution in [1.29, 1.82) is 0 Å². The highest BCUT2D eigenvalue weighted by Crippen LogP contribution is 2.29. The predicted molar refractivity (Wildman–Crippen MR) is 105 cm³/mol. The van der Waals surface area contributed by atoms with Crippen LogP contribution in [0.1, 0.15) is 22.8 Å². The van der Waals surface area contributed by atoms with Crippen LogP contribution in [0, 0.1) is 10.1 Å². The minimum atomic E-state index is -0.641. The van der Waals surface area contributed by atoms with Crippen molar-refractivity contribution in [2.24, 2.45) is 0 Å². The number of aromatic nitrogens is 1. The maximum atomic E-state index is 12.8. The Bertz CT molecular complexity index is 1140. The maximum Gasteiger partial charge on any atom is 0.294 e. The van der Waals surface area contributed by atoms with Crippen molar-refractivity contribution in [3.05, 3.63) is 77.9 Å². The number of nitro groups is 1. The summed E-state index contributed by atoms with van der Waals surface area (Å²) in [5.74, 6) is -0.375. The van der Waals surface area contributed by atoms with Gasteiger partial charge in [-0.1, -0.05) is 35.3 Å². The number of carbonyl (C=O) groups is 1. The molecule has 27 heavy (non-hydrogen) atoms. The molecule has 0 bridgehead atoms. The zero-order chi connectivity index (χ0) is 19.7. The fraction of sp³-hybridized carbons (Fsp3) is 0.111. The Morgan fingerprint density at radius 1 is 1.22 bits per heavy atom. The number of rotatable bonds is 5. The number of ketones is 1. The van der Waals surface area contributed by atoms with Crippen molar-refractivity contribution < 1.29 is 9.72 Å². The van der Waals surface area contributed by atoms with Gasteiger partial charge >= 0.3 is 0 Å². The van der Waals surface area contributed by atoms with E-state index in [-0.39, 0.29) is 39.5 Å². The molecule has 3 aromatic rings. The van der Waals surface area contributed by atoms with Gasteiger partial charge in [0, 0.05) is 22.7 Å². The lowest BCUT2D eigenvalue weighted by Crippen LogP contribution is -2.19. The fourth-order valence-corrected chi connectivity index (χ4v) is 3.21. The number of hydrogen-bond donors (Lipinski definition) is 2. The zero-order valence-corrected chi connectivity index (χ0v) is 15.5. The second-order valence-electron chi connectivity index (χ2n) is 5.85. The van der Waals surface area contributed by atoms with Crippen LogP contribution in [0.2, 0.25) is 10.0 Å². The number of pyridine rings is 1. The van der Waals surface area contributed by atoms with Gasteiger partial charge in [-0.25, -0.2) is 0 Å². The molecule has 0 saturated carbocycles. The number of nitrogens with one attached hydrogen (secondary N) is 2. The van der Waals surface area contributed by atoms with Crippen LogP contribution in [0.5, 0.6) is 0 Å². The quantitative estimate of drug-likeness (QED) is 0.367.